The first-order valence-electron chi connectivity index (χ1n) is 7.86. The van der Waals surface area contributed by atoms with Crippen molar-refractivity contribution in [2.45, 2.75) is 19.9 Å². The van der Waals surface area contributed by atoms with Crippen LogP contribution in [0, 0.1) is 0 Å². The summed E-state index contributed by atoms with van der Waals surface area (Å²) in [5.41, 5.74) is 1.77. The molecule has 1 aliphatic rings. The van der Waals surface area contributed by atoms with Crippen LogP contribution in [-0.4, -0.2) is 47.0 Å². The quantitative estimate of drug-likeness (QED) is 0.730. The third-order valence-corrected chi connectivity index (χ3v) is 4.56. The van der Waals surface area contributed by atoms with Crippen molar-refractivity contribution in [3.05, 3.63) is 33.4 Å². The summed E-state index contributed by atoms with van der Waals surface area (Å²) in [6.45, 7) is 4.16. The Morgan fingerprint density at radius 3 is 2.81 bits per heavy atom. The van der Waals surface area contributed by atoms with Crippen molar-refractivity contribution in [3.8, 4) is 11.5 Å². The van der Waals surface area contributed by atoms with Crippen LogP contribution in [0.15, 0.2) is 27.9 Å². The number of ether oxygens (including phenoxy) is 3. The molecule has 1 atom stereocenters. The van der Waals surface area contributed by atoms with E-state index in [2.05, 4.69) is 36.8 Å². The van der Waals surface area contributed by atoms with Gasteiger partial charge in [-0.1, -0.05) is 5.10 Å². The van der Waals surface area contributed by atoms with Gasteiger partial charge in [-0.05, 0) is 57.9 Å². The van der Waals surface area contributed by atoms with Gasteiger partial charge in [0.2, 0.25) is 5.95 Å². The van der Waals surface area contributed by atoms with Gasteiger partial charge in [-0.2, -0.15) is 4.68 Å². The molecule has 2 aromatic rings. The first kappa shape index (κ1) is 18.2. The number of hydrogen-bond donors (Lipinski definition) is 1. The van der Waals surface area contributed by atoms with Crippen molar-refractivity contribution in [3.63, 3.8) is 0 Å². The molecule has 1 aromatic carbocycles. The van der Waals surface area contributed by atoms with E-state index in [-0.39, 0.29) is 0 Å². The summed E-state index contributed by atoms with van der Waals surface area (Å²) in [7, 11) is 2.89. The molecule has 1 aliphatic heterocycles. The fourth-order valence-corrected chi connectivity index (χ4v) is 3.45. The smallest absolute Gasteiger partial charge is 0.338 e. The molecule has 0 fully saturated rings. The van der Waals surface area contributed by atoms with Crippen molar-refractivity contribution in [1.29, 1.82) is 0 Å². The molecule has 1 aromatic heterocycles. The van der Waals surface area contributed by atoms with Crippen molar-refractivity contribution >= 4 is 27.8 Å². The summed E-state index contributed by atoms with van der Waals surface area (Å²) in [4.78, 5) is 12.4. The lowest BCUT2D eigenvalue weighted by Crippen LogP contribution is -2.29. The van der Waals surface area contributed by atoms with Crippen molar-refractivity contribution in [2.24, 2.45) is 0 Å². The second kappa shape index (κ2) is 7.32. The minimum Gasteiger partial charge on any atom is -0.493 e. The number of aromatic nitrogens is 4. The number of hydrogen-bond acceptors (Lipinski definition) is 8. The third-order valence-electron chi connectivity index (χ3n) is 3.98. The molecule has 0 saturated carbocycles. The zero-order valence-corrected chi connectivity index (χ0v) is 16.3. The number of esters is 1. The molecule has 138 valence electrons. The van der Waals surface area contributed by atoms with Crippen LogP contribution in [0.4, 0.5) is 5.95 Å². The normalized spacial score (nSPS) is 16.0. The molecule has 10 heteroatoms. The van der Waals surface area contributed by atoms with Crippen molar-refractivity contribution in [1.82, 2.24) is 20.2 Å². The van der Waals surface area contributed by atoms with Gasteiger partial charge < -0.3 is 19.5 Å². The number of fused-ring (bicyclic) bond motifs is 1. The Morgan fingerprint density at radius 1 is 1.38 bits per heavy atom. The molecule has 0 radical (unpaired) electrons. The zero-order chi connectivity index (χ0) is 18.8. The molecule has 0 spiro atoms. The lowest BCUT2D eigenvalue weighted by molar-refractivity contribution is -0.136. The van der Waals surface area contributed by atoms with E-state index in [1.54, 1.807) is 20.1 Å². The highest BCUT2D eigenvalue weighted by atomic mass is 79.9. The van der Waals surface area contributed by atoms with Crippen LogP contribution < -0.4 is 14.8 Å². The number of carbonyl (C=O) groups is 1. The van der Waals surface area contributed by atoms with Crippen LogP contribution in [0.5, 0.6) is 11.5 Å². The van der Waals surface area contributed by atoms with Gasteiger partial charge >= 0.3 is 5.97 Å². The molecule has 0 unspecified atom stereocenters. The summed E-state index contributed by atoms with van der Waals surface area (Å²) >= 11 is 3.51. The summed E-state index contributed by atoms with van der Waals surface area (Å²) < 4.78 is 18.3. The van der Waals surface area contributed by atoms with E-state index >= 15 is 0 Å². The lowest BCUT2D eigenvalue weighted by Gasteiger charge is -2.27. The standard InChI is InChI=1S/C16H18BrN5O4/c1-5-26-14-10(17)6-9(7-11(14)24-3)13-12(15(23)25-4)8(2)18-16-19-20-21-22(13)16/h6-7,13H,5H2,1-4H3,(H,18,19,21)/t13-/m0/s1. The van der Waals surface area contributed by atoms with Gasteiger partial charge in [0.25, 0.3) is 0 Å². The molecular weight excluding hydrogens is 406 g/mol. The number of nitrogens with zero attached hydrogens (tertiary/aromatic N) is 4. The Kier molecular flexibility index (Phi) is 5.12. The topological polar surface area (TPSA) is 100 Å². The fourth-order valence-electron chi connectivity index (χ4n) is 2.88. The molecule has 2 heterocycles. The van der Waals surface area contributed by atoms with E-state index in [0.29, 0.717) is 39.8 Å². The number of nitrogens with one attached hydrogen (secondary N) is 1. The molecule has 0 saturated heterocycles. The van der Waals surface area contributed by atoms with Crippen LogP contribution in [0.25, 0.3) is 0 Å². The first-order valence-corrected chi connectivity index (χ1v) is 8.65. The number of halogens is 1. The summed E-state index contributed by atoms with van der Waals surface area (Å²) in [6, 6.07) is 3.08. The second-order valence-electron chi connectivity index (χ2n) is 5.47. The number of allylic oxidation sites excluding steroid dienone is 1. The van der Waals surface area contributed by atoms with Gasteiger partial charge in [-0.25, -0.2) is 4.79 Å². The average Bonchev–Trinajstić information content (AvgIpc) is 3.09. The van der Waals surface area contributed by atoms with Gasteiger partial charge in [0.05, 0.1) is 30.9 Å². The molecule has 0 amide bonds. The maximum absolute atomic E-state index is 12.4. The SMILES string of the molecule is CCOc1c(Br)cc([C@H]2C(C(=O)OC)=C(C)Nc3nnnn32)cc1OC. The number of carbonyl (C=O) groups excluding carboxylic acids is 1. The largest absolute Gasteiger partial charge is 0.493 e. The van der Waals surface area contributed by atoms with Crippen LogP contribution in [0.1, 0.15) is 25.5 Å². The van der Waals surface area contributed by atoms with Crippen LogP contribution in [0.2, 0.25) is 0 Å². The van der Waals surface area contributed by atoms with Crippen LogP contribution in [0.3, 0.4) is 0 Å². The maximum Gasteiger partial charge on any atom is 0.338 e. The molecule has 3 rings (SSSR count). The lowest BCUT2D eigenvalue weighted by atomic mass is 9.95. The van der Waals surface area contributed by atoms with Gasteiger partial charge in [0.1, 0.15) is 6.04 Å². The monoisotopic (exact) mass is 423 g/mol. The Labute approximate surface area is 158 Å². The minimum atomic E-state index is -0.574. The zero-order valence-electron chi connectivity index (χ0n) is 14.7. The predicted molar refractivity (Wildman–Crippen MR) is 96.2 cm³/mol. The molecule has 26 heavy (non-hydrogen) atoms. The van der Waals surface area contributed by atoms with E-state index in [1.165, 1.54) is 11.8 Å². The summed E-state index contributed by atoms with van der Waals surface area (Å²) in [6.07, 6.45) is 0. The average molecular weight is 424 g/mol. The molecule has 9 nitrogen and oxygen atoms in total. The molecule has 1 N–H and O–H groups in total. The van der Waals surface area contributed by atoms with Gasteiger partial charge in [-0.3, -0.25) is 0 Å². The number of methoxy groups -OCH3 is 2. The fraction of sp³-hybridized carbons (Fsp3) is 0.375. The highest BCUT2D eigenvalue weighted by Gasteiger charge is 2.35. The highest BCUT2D eigenvalue weighted by molar-refractivity contribution is 9.10. The Morgan fingerprint density at radius 2 is 2.15 bits per heavy atom. The van der Waals surface area contributed by atoms with Gasteiger partial charge in [0, 0.05) is 5.70 Å². The summed E-state index contributed by atoms with van der Waals surface area (Å²) in [5.74, 6) is 1.09. The van der Waals surface area contributed by atoms with Crippen LogP contribution >= 0.6 is 15.9 Å². The maximum atomic E-state index is 12.4. The van der Waals surface area contributed by atoms with E-state index in [4.69, 9.17) is 14.2 Å². The van der Waals surface area contributed by atoms with Crippen LogP contribution in [-0.2, 0) is 9.53 Å². The Balaban J connectivity index is 2.20. The highest BCUT2D eigenvalue weighted by Crippen LogP contribution is 2.42. The Hall–Kier alpha value is -2.62. The molecular formula is C16H18BrN5O4. The van der Waals surface area contributed by atoms with Crippen molar-refractivity contribution in [2.75, 3.05) is 26.1 Å². The number of benzene rings is 1. The minimum absolute atomic E-state index is 0.408. The van der Waals surface area contributed by atoms with Gasteiger partial charge in [0.15, 0.2) is 11.5 Å². The second-order valence-corrected chi connectivity index (χ2v) is 6.33. The van der Waals surface area contributed by atoms with E-state index in [0.717, 1.165) is 5.56 Å². The molecule has 0 aliphatic carbocycles. The molecule has 0 bridgehead atoms. The number of rotatable bonds is 5. The number of anilines is 1. The number of tetrazole rings is 1. The van der Waals surface area contributed by atoms with E-state index < -0.39 is 12.0 Å². The third kappa shape index (κ3) is 3.00. The summed E-state index contributed by atoms with van der Waals surface area (Å²) in [5, 5.41) is 14.7. The predicted octanol–water partition coefficient (Wildman–Crippen LogP) is 2.30. The van der Waals surface area contributed by atoms with Crippen molar-refractivity contribution < 1.29 is 19.0 Å². The van der Waals surface area contributed by atoms with E-state index in [1.807, 2.05) is 13.0 Å². The van der Waals surface area contributed by atoms with E-state index in [9.17, 15) is 4.79 Å². The van der Waals surface area contributed by atoms with Gasteiger partial charge in [-0.15, -0.1) is 0 Å². The Bertz CT molecular complexity index is 880. The first-order chi connectivity index (χ1) is 12.5.